The van der Waals surface area contributed by atoms with E-state index in [9.17, 15) is 5.11 Å². The van der Waals surface area contributed by atoms with Crippen molar-refractivity contribution in [1.82, 2.24) is 0 Å². The van der Waals surface area contributed by atoms with E-state index in [0.29, 0.717) is 24.7 Å². The quantitative estimate of drug-likeness (QED) is 0.606. The molecule has 0 bridgehead atoms. The summed E-state index contributed by atoms with van der Waals surface area (Å²) in [5, 5.41) is 9.25. The topological polar surface area (TPSA) is 38.7 Å². The summed E-state index contributed by atoms with van der Waals surface area (Å²) >= 11 is 0. The summed E-state index contributed by atoms with van der Waals surface area (Å²) in [6.07, 6.45) is 0. The van der Waals surface area contributed by atoms with Gasteiger partial charge in [0.1, 0.15) is 13.2 Å². The molecule has 0 amide bonds. The fourth-order valence-corrected chi connectivity index (χ4v) is 1.06. The number of hydrogen-bond acceptors (Lipinski definition) is 3. The Bertz CT molecular complexity index is 270. The van der Waals surface area contributed by atoms with Gasteiger partial charge in [0, 0.05) is 0 Å². The maximum absolute atomic E-state index is 9.25. The van der Waals surface area contributed by atoms with Crippen LogP contribution in [0.1, 0.15) is 0 Å². The van der Waals surface area contributed by atoms with Crippen LogP contribution in [0.25, 0.3) is 0 Å². The van der Waals surface area contributed by atoms with E-state index >= 15 is 0 Å². The van der Waals surface area contributed by atoms with Crippen LogP contribution in [0.15, 0.2) is 18.2 Å². The third-order valence-electron chi connectivity index (χ3n) is 1.55. The zero-order valence-corrected chi connectivity index (χ0v) is 5.91. The summed E-state index contributed by atoms with van der Waals surface area (Å²) in [6.45, 7) is 1.06. The zero-order chi connectivity index (χ0) is 7.68. The number of benzene rings is 1. The van der Waals surface area contributed by atoms with E-state index in [1.807, 2.05) is 0 Å². The molecule has 0 radical (unpaired) electrons. The first-order valence-corrected chi connectivity index (χ1v) is 3.45. The molecule has 11 heavy (non-hydrogen) atoms. The average molecular weight is 152 g/mol. The molecule has 1 N–H and O–H groups in total. The summed E-state index contributed by atoms with van der Waals surface area (Å²) in [7, 11) is 0. The monoisotopic (exact) mass is 152 g/mol. The van der Waals surface area contributed by atoms with Crippen molar-refractivity contribution in [3.8, 4) is 17.2 Å². The molecule has 0 aliphatic carbocycles. The number of phenolic OH excluding ortho intramolecular Hbond substituents is 1. The molecule has 0 saturated carbocycles. The molecule has 0 saturated heterocycles. The number of phenols is 1. The summed E-state index contributed by atoms with van der Waals surface area (Å²) in [4.78, 5) is 0. The maximum atomic E-state index is 9.25. The van der Waals surface area contributed by atoms with Gasteiger partial charge in [-0.15, -0.1) is 0 Å². The van der Waals surface area contributed by atoms with Gasteiger partial charge in [-0.25, -0.2) is 0 Å². The molecule has 0 spiro atoms. The Labute approximate surface area is 64.2 Å². The SMILES string of the molecule is Oc1cccc2c1OCCO2. The van der Waals surface area contributed by atoms with Crippen LogP contribution in [0.5, 0.6) is 17.2 Å². The molecule has 3 heteroatoms. The summed E-state index contributed by atoms with van der Waals surface area (Å²) in [5.74, 6) is 1.22. The highest BCUT2D eigenvalue weighted by Crippen LogP contribution is 2.37. The highest BCUT2D eigenvalue weighted by molar-refractivity contribution is 5.50. The second-order valence-electron chi connectivity index (χ2n) is 2.30. The van der Waals surface area contributed by atoms with Gasteiger partial charge in [-0.05, 0) is 12.1 Å². The van der Waals surface area contributed by atoms with Gasteiger partial charge >= 0.3 is 0 Å². The standard InChI is InChI=1S/C8H8O3/c9-6-2-1-3-7-8(6)11-5-4-10-7/h1-3,9H,4-5H2. The second-order valence-corrected chi connectivity index (χ2v) is 2.30. The van der Waals surface area contributed by atoms with E-state index in [1.54, 1.807) is 18.2 Å². The lowest BCUT2D eigenvalue weighted by atomic mass is 10.3. The average Bonchev–Trinajstić information content (AvgIpc) is 2.06. The molecule has 1 aliphatic rings. The molecule has 0 atom stereocenters. The minimum Gasteiger partial charge on any atom is -0.504 e. The molecule has 0 aromatic heterocycles. The van der Waals surface area contributed by atoms with Crippen molar-refractivity contribution in [3.63, 3.8) is 0 Å². The third-order valence-corrected chi connectivity index (χ3v) is 1.55. The van der Waals surface area contributed by atoms with Crippen LogP contribution >= 0.6 is 0 Å². The van der Waals surface area contributed by atoms with E-state index in [4.69, 9.17) is 9.47 Å². The molecule has 58 valence electrons. The Morgan fingerprint density at radius 2 is 2.00 bits per heavy atom. The highest BCUT2D eigenvalue weighted by atomic mass is 16.6. The van der Waals surface area contributed by atoms with Crippen molar-refractivity contribution in [2.24, 2.45) is 0 Å². The van der Waals surface area contributed by atoms with Crippen LogP contribution in [0.2, 0.25) is 0 Å². The second kappa shape index (κ2) is 2.34. The highest BCUT2D eigenvalue weighted by Gasteiger charge is 2.13. The molecule has 1 aromatic carbocycles. The lowest BCUT2D eigenvalue weighted by Gasteiger charge is -2.18. The van der Waals surface area contributed by atoms with Crippen molar-refractivity contribution in [2.75, 3.05) is 13.2 Å². The number of aromatic hydroxyl groups is 1. The molecule has 3 nitrogen and oxygen atoms in total. The van der Waals surface area contributed by atoms with Crippen molar-refractivity contribution < 1.29 is 14.6 Å². The van der Waals surface area contributed by atoms with Gasteiger partial charge in [0.05, 0.1) is 0 Å². The number of fused-ring (bicyclic) bond motifs is 1. The van der Waals surface area contributed by atoms with Gasteiger partial charge in [-0.1, -0.05) is 6.07 Å². The molecule has 0 unspecified atom stereocenters. The Kier molecular flexibility index (Phi) is 1.35. The van der Waals surface area contributed by atoms with Crippen LogP contribution in [0, 0.1) is 0 Å². The van der Waals surface area contributed by atoms with Crippen LogP contribution in [-0.4, -0.2) is 18.3 Å². The first kappa shape index (κ1) is 6.34. The van der Waals surface area contributed by atoms with Crippen LogP contribution in [-0.2, 0) is 0 Å². The van der Waals surface area contributed by atoms with Crippen LogP contribution in [0.3, 0.4) is 0 Å². The maximum Gasteiger partial charge on any atom is 0.203 e. The Morgan fingerprint density at radius 3 is 2.82 bits per heavy atom. The van der Waals surface area contributed by atoms with Crippen molar-refractivity contribution in [3.05, 3.63) is 18.2 Å². The number of para-hydroxylation sites is 1. The van der Waals surface area contributed by atoms with Crippen molar-refractivity contribution in [1.29, 1.82) is 0 Å². The normalized spacial score (nSPS) is 14.5. The molecule has 2 rings (SSSR count). The lowest BCUT2D eigenvalue weighted by Crippen LogP contribution is -2.15. The zero-order valence-electron chi connectivity index (χ0n) is 5.91. The molecule has 0 fully saturated rings. The van der Waals surface area contributed by atoms with E-state index in [0.717, 1.165) is 0 Å². The van der Waals surface area contributed by atoms with Crippen molar-refractivity contribution >= 4 is 0 Å². The third kappa shape index (κ3) is 0.981. The number of ether oxygens (including phenoxy) is 2. The van der Waals surface area contributed by atoms with Gasteiger partial charge in [0.15, 0.2) is 11.5 Å². The van der Waals surface area contributed by atoms with E-state index in [-0.39, 0.29) is 5.75 Å². The minimum absolute atomic E-state index is 0.141. The van der Waals surface area contributed by atoms with Crippen LogP contribution < -0.4 is 9.47 Å². The molecule has 1 aromatic rings. The molecule has 1 aliphatic heterocycles. The smallest absolute Gasteiger partial charge is 0.203 e. The summed E-state index contributed by atoms with van der Waals surface area (Å²) in [6, 6.07) is 5.07. The Hall–Kier alpha value is -1.38. The van der Waals surface area contributed by atoms with Gasteiger partial charge in [0.25, 0.3) is 0 Å². The first-order chi connectivity index (χ1) is 5.38. The van der Waals surface area contributed by atoms with E-state index < -0.39 is 0 Å². The van der Waals surface area contributed by atoms with Gasteiger partial charge in [-0.3, -0.25) is 0 Å². The predicted molar refractivity (Wildman–Crippen MR) is 39.1 cm³/mol. The van der Waals surface area contributed by atoms with Gasteiger partial charge in [-0.2, -0.15) is 0 Å². The summed E-state index contributed by atoms with van der Waals surface area (Å²) < 4.78 is 10.4. The molecular weight excluding hydrogens is 144 g/mol. The Morgan fingerprint density at radius 1 is 1.18 bits per heavy atom. The fraction of sp³-hybridized carbons (Fsp3) is 0.250. The molecule has 1 heterocycles. The first-order valence-electron chi connectivity index (χ1n) is 3.45. The van der Waals surface area contributed by atoms with E-state index in [1.165, 1.54) is 0 Å². The van der Waals surface area contributed by atoms with Crippen LogP contribution in [0.4, 0.5) is 0 Å². The minimum atomic E-state index is 0.141. The largest absolute Gasteiger partial charge is 0.504 e. The van der Waals surface area contributed by atoms with E-state index in [2.05, 4.69) is 0 Å². The predicted octanol–water partition coefficient (Wildman–Crippen LogP) is 1.16. The number of rotatable bonds is 0. The lowest BCUT2D eigenvalue weighted by molar-refractivity contribution is 0.165. The van der Waals surface area contributed by atoms with Crippen molar-refractivity contribution in [2.45, 2.75) is 0 Å². The van der Waals surface area contributed by atoms with Gasteiger partial charge < -0.3 is 14.6 Å². The fourth-order valence-electron chi connectivity index (χ4n) is 1.06. The number of hydrogen-bond donors (Lipinski definition) is 1. The molecular formula is C8H8O3. The summed E-state index contributed by atoms with van der Waals surface area (Å²) in [5.41, 5.74) is 0. The Balaban J connectivity index is 2.49. The van der Waals surface area contributed by atoms with Gasteiger partial charge in [0.2, 0.25) is 5.75 Å².